The molecule has 0 unspecified atom stereocenters. The molecule has 0 aliphatic carbocycles. The average Bonchev–Trinajstić information content (AvgIpc) is 3.42. The SMILES string of the molecule is O=C(c1ccc(-c2nc(-c3cccc(CS(=O)(=O)c4ccc(Cl)cc4)c3)no2)s1)C(F)(F)F. The lowest BCUT2D eigenvalue weighted by atomic mass is 10.1. The van der Waals surface area contributed by atoms with E-state index < -0.39 is 26.7 Å². The van der Waals surface area contributed by atoms with Crippen molar-refractivity contribution in [2.45, 2.75) is 16.8 Å². The van der Waals surface area contributed by atoms with Gasteiger partial charge in [-0.05, 0) is 48.0 Å². The largest absolute Gasteiger partial charge is 0.455 e. The Hall–Kier alpha value is -3.02. The van der Waals surface area contributed by atoms with Gasteiger partial charge in [0.2, 0.25) is 5.82 Å². The maximum absolute atomic E-state index is 12.7. The van der Waals surface area contributed by atoms with Crippen molar-refractivity contribution in [2.24, 2.45) is 0 Å². The second-order valence-electron chi connectivity index (χ2n) is 6.83. The first-order chi connectivity index (χ1) is 15.5. The number of thiophene rings is 1. The minimum Gasteiger partial charge on any atom is -0.333 e. The highest BCUT2D eigenvalue weighted by molar-refractivity contribution is 7.90. The van der Waals surface area contributed by atoms with Crippen LogP contribution in [-0.4, -0.2) is 30.5 Å². The summed E-state index contributed by atoms with van der Waals surface area (Å²) in [7, 11) is -3.63. The number of sulfone groups is 1. The first kappa shape index (κ1) is 23.1. The van der Waals surface area contributed by atoms with Crippen LogP contribution >= 0.6 is 22.9 Å². The molecule has 33 heavy (non-hydrogen) atoms. The fourth-order valence-corrected chi connectivity index (χ4v) is 5.25. The molecule has 0 atom stereocenters. The number of rotatable bonds is 6. The van der Waals surface area contributed by atoms with E-state index in [0.717, 1.165) is 6.07 Å². The number of halogens is 4. The first-order valence-electron chi connectivity index (χ1n) is 9.16. The Morgan fingerprint density at radius 3 is 2.48 bits per heavy atom. The first-order valence-corrected chi connectivity index (χ1v) is 12.0. The summed E-state index contributed by atoms with van der Waals surface area (Å²) >= 11 is 6.39. The molecule has 170 valence electrons. The Kier molecular flexibility index (Phi) is 6.12. The second kappa shape index (κ2) is 8.73. The van der Waals surface area contributed by atoms with Crippen LogP contribution in [0.1, 0.15) is 15.2 Å². The van der Waals surface area contributed by atoms with Crippen molar-refractivity contribution in [2.75, 3.05) is 0 Å². The van der Waals surface area contributed by atoms with E-state index in [9.17, 15) is 26.4 Å². The third-order valence-corrected chi connectivity index (χ3v) is 7.47. The van der Waals surface area contributed by atoms with Crippen molar-refractivity contribution in [3.8, 4) is 22.2 Å². The summed E-state index contributed by atoms with van der Waals surface area (Å²) in [6, 6.07) is 14.6. The zero-order valence-electron chi connectivity index (χ0n) is 16.3. The number of carbonyl (C=O) groups is 1. The van der Waals surface area contributed by atoms with E-state index in [1.807, 2.05) is 0 Å². The normalized spacial score (nSPS) is 12.1. The predicted molar refractivity (Wildman–Crippen MR) is 116 cm³/mol. The number of ketones is 1. The number of nitrogens with zero attached hydrogens (tertiary/aromatic N) is 2. The van der Waals surface area contributed by atoms with Crippen molar-refractivity contribution < 1.29 is 30.9 Å². The average molecular weight is 513 g/mol. The number of hydrogen-bond acceptors (Lipinski definition) is 7. The van der Waals surface area contributed by atoms with Crippen LogP contribution < -0.4 is 0 Å². The van der Waals surface area contributed by atoms with E-state index >= 15 is 0 Å². The molecular weight excluding hydrogens is 501 g/mol. The van der Waals surface area contributed by atoms with E-state index in [4.69, 9.17) is 16.1 Å². The van der Waals surface area contributed by atoms with E-state index in [1.165, 1.54) is 30.3 Å². The molecule has 0 aliphatic heterocycles. The molecule has 0 spiro atoms. The molecular formula is C21H12ClF3N2O4S2. The van der Waals surface area contributed by atoms with Crippen molar-refractivity contribution in [1.29, 1.82) is 0 Å². The number of hydrogen-bond donors (Lipinski definition) is 0. The minimum atomic E-state index is -4.98. The maximum Gasteiger partial charge on any atom is 0.455 e. The quantitative estimate of drug-likeness (QED) is 0.302. The predicted octanol–water partition coefficient (Wildman–Crippen LogP) is 5.84. The van der Waals surface area contributed by atoms with Gasteiger partial charge in [-0.3, -0.25) is 4.79 Å². The lowest BCUT2D eigenvalue weighted by molar-refractivity contribution is -0.0882. The molecule has 0 bridgehead atoms. The van der Waals surface area contributed by atoms with Gasteiger partial charge in [-0.2, -0.15) is 18.2 Å². The van der Waals surface area contributed by atoms with Crippen molar-refractivity contribution in [1.82, 2.24) is 10.1 Å². The second-order valence-corrected chi connectivity index (χ2v) is 10.3. The smallest absolute Gasteiger partial charge is 0.333 e. The van der Waals surface area contributed by atoms with Gasteiger partial charge in [0.25, 0.3) is 11.7 Å². The number of benzene rings is 2. The lowest BCUT2D eigenvalue weighted by Gasteiger charge is -2.06. The van der Waals surface area contributed by atoms with Crippen molar-refractivity contribution >= 4 is 38.6 Å². The molecule has 4 aromatic rings. The summed E-state index contributed by atoms with van der Waals surface area (Å²) in [6.07, 6.45) is -4.98. The highest BCUT2D eigenvalue weighted by Gasteiger charge is 2.40. The molecule has 2 aromatic heterocycles. The van der Waals surface area contributed by atoms with Crippen LogP contribution in [0.2, 0.25) is 5.02 Å². The molecule has 2 aromatic carbocycles. The van der Waals surface area contributed by atoms with Gasteiger partial charge >= 0.3 is 6.18 Å². The third kappa shape index (κ3) is 5.15. The molecule has 0 amide bonds. The fourth-order valence-electron chi connectivity index (χ4n) is 2.90. The molecule has 6 nitrogen and oxygen atoms in total. The summed E-state index contributed by atoms with van der Waals surface area (Å²) in [6.45, 7) is 0. The lowest BCUT2D eigenvalue weighted by Crippen LogP contribution is -2.21. The Balaban J connectivity index is 1.56. The van der Waals surface area contributed by atoms with Gasteiger partial charge in [0.05, 0.1) is 20.4 Å². The zero-order chi connectivity index (χ0) is 23.8. The van der Waals surface area contributed by atoms with Gasteiger partial charge in [0.15, 0.2) is 9.84 Å². The monoisotopic (exact) mass is 512 g/mol. The molecule has 2 heterocycles. The summed E-state index contributed by atoms with van der Waals surface area (Å²) in [5, 5.41) is 4.24. The molecule has 12 heteroatoms. The number of aromatic nitrogens is 2. The van der Waals surface area contributed by atoms with Gasteiger partial charge in [0.1, 0.15) is 0 Å². The Morgan fingerprint density at radius 2 is 1.79 bits per heavy atom. The van der Waals surface area contributed by atoms with E-state index in [1.54, 1.807) is 24.3 Å². The Labute approximate surface area is 194 Å². The van der Waals surface area contributed by atoms with Crippen LogP contribution in [0, 0.1) is 0 Å². The Bertz CT molecular complexity index is 1430. The van der Waals surface area contributed by atoms with Gasteiger partial charge in [-0.15, -0.1) is 11.3 Å². The van der Waals surface area contributed by atoms with Gasteiger partial charge in [-0.1, -0.05) is 35.0 Å². The van der Waals surface area contributed by atoms with Crippen LogP contribution in [0.5, 0.6) is 0 Å². The maximum atomic E-state index is 12.7. The van der Waals surface area contributed by atoms with Crippen molar-refractivity contribution in [3.05, 3.63) is 76.1 Å². The van der Waals surface area contributed by atoms with Crippen LogP contribution in [-0.2, 0) is 15.6 Å². The molecule has 0 saturated heterocycles. The molecule has 0 N–H and O–H groups in total. The van der Waals surface area contributed by atoms with Crippen molar-refractivity contribution in [3.63, 3.8) is 0 Å². The highest BCUT2D eigenvalue weighted by atomic mass is 35.5. The van der Waals surface area contributed by atoms with Crippen LogP contribution in [0.25, 0.3) is 22.2 Å². The number of alkyl halides is 3. The summed E-state index contributed by atoms with van der Waals surface area (Å²) in [4.78, 5) is 15.4. The van der Waals surface area contributed by atoms with Gasteiger partial charge < -0.3 is 4.52 Å². The van der Waals surface area contributed by atoms with E-state index in [0.29, 0.717) is 27.5 Å². The fraction of sp³-hybridized carbons (Fsp3) is 0.0952. The highest BCUT2D eigenvalue weighted by Crippen LogP contribution is 2.32. The van der Waals surface area contributed by atoms with E-state index in [2.05, 4.69) is 10.1 Å². The molecule has 0 radical (unpaired) electrons. The standard InChI is InChI=1S/C21H12ClF3N2O4S2/c22-14-4-6-15(7-5-14)33(29,30)11-12-2-1-3-13(10-12)19-26-20(31-27-19)17-9-8-16(32-17)18(28)21(23,24)25/h1-10H,11H2. The molecule has 0 saturated carbocycles. The number of carbonyl (C=O) groups excluding carboxylic acids is 1. The molecule has 0 fully saturated rings. The van der Waals surface area contributed by atoms with Crippen LogP contribution in [0.3, 0.4) is 0 Å². The Morgan fingerprint density at radius 1 is 1.06 bits per heavy atom. The third-order valence-electron chi connectivity index (χ3n) is 4.44. The van der Waals surface area contributed by atoms with Gasteiger partial charge in [-0.25, -0.2) is 8.42 Å². The zero-order valence-corrected chi connectivity index (χ0v) is 18.7. The summed E-state index contributed by atoms with van der Waals surface area (Å²) in [5.74, 6) is -2.17. The minimum absolute atomic E-state index is 0.0598. The van der Waals surface area contributed by atoms with Crippen LogP contribution in [0.15, 0.2) is 70.1 Å². The van der Waals surface area contributed by atoms with E-state index in [-0.39, 0.29) is 27.2 Å². The van der Waals surface area contributed by atoms with Gasteiger partial charge in [0, 0.05) is 10.6 Å². The summed E-state index contributed by atoms with van der Waals surface area (Å²) in [5.41, 5.74) is 0.930. The number of Topliss-reactive ketones (excluding diaryl/α,β-unsaturated/α-hetero) is 1. The molecule has 0 aliphatic rings. The van der Waals surface area contributed by atoms with Crippen LogP contribution in [0.4, 0.5) is 13.2 Å². The summed E-state index contributed by atoms with van der Waals surface area (Å²) < 4.78 is 68.3. The topological polar surface area (TPSA) is 90.1 Å². The molecule has 4 rings (SSSR count).